The molecule has 0 spiro atoms. The van der Waals surface area contributed by atoms with Crippen LogP contribution in [0.3, 0.4) is 0 Å². The highest BCUT2D eigenvalue weighted by molar-refractivity contribution is 6.29. The fraction of sp³-hybridized carbons (Fsp3) is 0.667. The van der Waals surface area contributed by atoms with Crippen molar-refractivity contribution in [3.05, 3.63) is 16.5 Å². The zero-order chi connectivity index (χ0) is 16.6. The number of hydrogen-bond acceptors (Lipinski definition) is 5. The van der Waals surface area contributed by atoms with Gasteiger partial charge < -0.3 is 19.5 Å². The van der Waals surface area contributed by atoms with Crippen LogP contribution in [0.1, 0.15) is 31.0 Å². The second-order valence-corrected chi connectivity index (χ2v) is 6.81. The van der Waals surface area contributed by atoms with E-state index >= 15 is 0 Å². The standard InChI is InChI=1S/C15H20ClN3O4/c1-9-11(13(16)23-18-9)7-12(20)19-5-3-10(4-6-19)15(2)8-22-14(21)17-15/h10H,3-8H2,1-2H3,(H,17,21). The molecular weight excluding hydrogens is 322 g/mol. The number of piperidine rings is 1. The molecule has 126 valence electrons. The number of carbonyl (C=O) groups is 2. The number of carbonyl (C=O) groups excluding carboxylic acids is 2. The first-order valence-corrected chi connectivity index (χ1v) is 8.10. The number of aryl methyl sites for hydroxylation is 1. The zero-order valence-electron chi connectivity index (χ0n) is 13.2. The maximum atomic E-state index is 12.4. The van der Waals surface area contributed by atoms with Crippen molar-refractivity contribution in [2.45, 2.75) is 38.6 Å². The number of hydrogen-bond donors (Lipinski definition) is 1. The van der Waals surface area contributed by atoms with Gasteiger partial charge in [-0.15, -0.1) is 0 Å². The van der Waals surface area contributed by atoms with Gasteiger partial charge in [-0.25, -0.2) is 4.79 Å². The zero-order valence-corrected chi connectivity index (χ0v) is 14.0. The van der Waals surface area contributed by atoms with Crippen molar-refractivity contribution in [3.8, 4) is 0 Å². The Labute approximate surface area is 139 Å². The Morgan fingerprint density at radius 1 is 1.48 bits per heavy atom. The van der Waals surface area contributed by atoms with Gasteiger partial charge in [0, 0.05) is 18.7 Å². The maximum Gasteiger partial charge on any atom is 0.407 e. The molecule has 0 aliphatic carbocycles. The van der Waals surface area contributed by atoms with E-state index in [1.165, 1.54) is 0 Å². The van der Waals surface area contributed by atoms with E-state index in [4.69, 9.17) is 20.9 Å². The molecule has 3 heterocycles. The Kier molecular flexibility index (Phi) is 4.23. The molecule has 3 rings (SSSR count). The molecule has 7 nitrogen and oxygen atoms in total. The highest BCUT2D eigenvalue weighted by atomic mass is 35.5. The predicted octanol–water partition coefficient (Wildman–Crippen LogP) is 1.92. The van der Waals surface area contributed by atoms with Gasteiger partial charge in [0.15, 0.2) is 0 Å². The van der Waals surface area contributed by atoms with Gasteiger partial charge in [-0.2, -0.15) is 0 Å². The van der Waals surface area contributed by atoms with Crippen LogP contribution in [-0.2, 0) is 16.0 Å². The van der Waals surface area contributed by atoms with Gasteiger partial charge >= 0.3 is 6.09 Å². The lowest BCUT2D eigenvalue weighted by atomic mass is 9.80. The van der Waals surface area contributed by atoms with E-state index in [1.54, 1.807) is 6.92 Å². The van der Waals surface area contributed by atoms with Crippen molar-refractivity contribution in [2.75, 3.05) is 19.7 Å². The molecule has 2 saturated heterocycles. The summed E-state index contributed by atoms with van der Waals surface area (Å²) in [6, 6.07) is 0. The molecule has 1 unspecified atom stereocenters. The molecule has 0 bridgehead atoms. The first-order chi connectivity index (χ1) is 10.9. The van der Waals surface area contributed by atoms with Gasteiger partial charge in [0.05, 0.1) is 17.7 Å². The fourth-order valence-electron chi connectivity index (χ4n) is 3.33. The third-order valence-electron chi connectivity index (χ3n) is 4.90. The second kappa shape index (κ2) is 6.03. The number of nitrogens with one attached hydrogen (secondary N) is 1. The molecule has 1 N–H and O–H groups in total. The molecule has 0 saturated carbocycles. The number of likely N-dealkylation sites (tertiary alicyclic amines) is 1. The van der Waals surface area contributed by atoms with E-state index in [2.05, 4.69) is 10.5 Å². The van der Waals surface area contributed by atoms with E-state index in [0.717, 1.165) is 12.8 Å². The summed E-state index contributed by atoms with van der Waals surface area (Å²) in [5.41, 5.74) is 0.972. The van der Waals surface area contributed by atoms with Gasteiger partial charge in [-0.3, -0.25) is 4.79 Å². The summed E-state index contributed by atoms with van der Waals surface area (Å²) >= 11 is 5.92. The van der Waals surface area contributed by atoms with Crippen LogP contribution >= 0.6 is 11.6 Å². The molecule has 2 aliphatic rings. The van der Waals surface area contributed by atoms with Gasteiger partial charge in [0.1, 0.15) is 6.61 Å². The first-order valence-electron chi connectivity index (χ1n) is 7.72. The molecular formula is C15H20ClN3O4. The van der Waals surface area contributed by atoms with E-state index in [9.17, 15) is 9.59 Å². The lowest BCUT2D eigenvalue weighted by molar-refractivity contribution is -0.132. The van der Waals surface area contributed by atoms with Crippen molar-refractivity contribution in [3.63, 3.8) is 0 Å². The number of nitrogens with zero attached hydrogens (tertiary/aromatic N) is 2. The SMILES string of the molecule is Cc1noc(Cl)c1CC(=O)N1CCC(C2(C)COC(=O)N2)CC1. The second-order valence-electron chi connectivity index (χ2n) is 6.47. The molecule has 1 aromatic heterocycles. The third-order valence-corrected chi connectivity index (χ3v) is 5.20. The topological polar surface area (TPSA) is 84.7 Å². The normalized spacial score (nSPS) is 25.3. The quantitative estimate of drug-likeness (QED) is 0.907. The highest BCUT2D eigenvalue weighted by Gasteiger charge is 2.43. The number of alkyl carbamates (subject to hydrolysis) is 1. The van der Waals surface area contributed by atoms with Crippen molar-refractivity contribution < 1.29 is 18.8 Å². The molecule has 1 aromatic rings. The minimum Gasteiger partial charge on any atom is -0.447 e. The van der Waals surface area contributed by atoms with Crippen LogP contribution in [0.4, 0.5) is 4.79 Å². The Morgan fingerprint density at radius 3 is 2.70 bits per heavy atom. The number of aromatic nitrogens is 1. The van der Waals surface area contributed by atoms with Crippen molar-refractivity contribution in [1.29, 1.82) is 0 Å². The molecule has 2 aliphatic heterocycles. The molecule has 1 atom stereocenters. The van der Waals surface area contributed by atoms with Crippen LogP contribution < -0.4 is 5.32 Å². The molecule has 23 heavy (non-hydrogen) atoms. The Bertz CT molecular complexity index is 605. The summed E-state index contributed by atoms with van der Waals surface area (Å²) in [5, 5.41) is 6.84. The molecule has 0 radical (unpaired) electrons. The van der Waals surface area contributed by atoms with Crippen molar-refractivity contribution in [2.24, 2.45) is 5.92 Å². The summed E-state index contributed by atoms with van der Waals surface area (Å²) in [6.45, 7) is 5.49. The molecule has 8 heteroatoms. The van der Waals surface area contributed by atoms with Crippen molar-refractivity contribution in [1.82, 2.24) is 15.4 Å². The van der Waals surface area contributed by atoms with Crippen LogP contribution in [0.25, 0.3) is 0 Å². The van der Waals surface area contributed by atoms with Crippen molar-refractivity contribution >= 4 is 23.6 Å². The average molecular weight is 342 g/mol. The number of halogens is 1. The lowest BCUT2D eigenvalue weighted by Gasteiger charge is -2.39. The molecule has 2 fully saturated rings. The first kappa shape index (κ1) is 16.1. The van der Waals surface area contributed by atoms with Crippen LogP contribution in [-0.4, -0.2) is 47.3 Å². The van der Waals surface area contributed by atoms with Gasteiger partial charge in [0.25, 0.3) is 0 Å². The number of ether oxygens (including phenoxy) is 1. The van der Waals surface area contributed by atoms with Crippen LogP contribution in [0, 0.1) is 12.8 Å². The average Bonchev–Trinajstić information content (AvgIpc) is 3.04. The van der Waals surface area contributed by atoms with Crippen LogP contribution in [0.15, 0.2) is 4.52 Å². The minimum absolute atomic E-state index is 0.0218. The molecule has 0 aromatic carbocycles. The Morgan fingerprint density at radius 2 is 2.17 bits per heavy atom. The summed E-state index contributed by atoms with van der Waals surface area (Å²) in [7, 11) is 0. The number of rotatable bonds is 3. The Balaban J connectivity index is 1.56. The van der Waals surface area contributed by atoms with E-state index in [0.29, 0.717) is 36.9 Å². The summed E-state index contributed by atoms with van der Waals surface area (Å²) in [5.74, 6) is 0.326. The van der Waals surface area contributed by atoms with Gasteiger partial charge in [-0.05, 0) is 44.2 Å². The summed E-state index contributed by atoms with van der Waals surface area (Å²) < 4.78 is 9.91. The largest absolute Gasteiger partial charge is 0.447 e. The van der Waals surface area contributed by atoms with Crippen LogP contribution in [0.5, 0.6) is 0 Å². The number of amides is 2. The van der Waals surface area contributed by atoms with Gasteiger partial charge in [0.2, 0.25) is 11.1 Å². The Hall–Kier alpha value is -1.76. The van der Waals surface area contributed by atoms with E-state index in [1.807, 2.05) is 11.8 Å². The summed E-state index contributed by atoms with van der Waals surface area (Å²) in [6.07, 6.45) is 1.52. The molecule has 2 amide bonds. The highest BCUT2D eigenvalue weighted by Crippen LogP contribution is 2.31. The van der Waals surface area contributed by atoms with Gasteiger partial charge in [-0.1, -0.05) is 5.16 Å². The van der Waals surface area contributed by atoms with Crippen LogP contribution in [0.2, 0.25) is 5.22 Å². The van der Waals surface area contributed by atoms with E-state index in [-0.39, 0.29) is 29.2 Å². The lowest BCUT2D eigenvalue weighted by Crippen LogP contribution is -2.52. The fourth-order valence-corrected chi connectivity index (χ4v) is 3.57. The minimum atomic E-state index is -0.358. The monoisotopic (exact) mass is 341 g/mol. The smallest absolute Gasteiger partial charge is 0.407 e. The summed E-state index contributed by atoms with van der Waals surface area (Å²) in [4.78, 5) is 25.6. The maximum absolute atomic E-state index is 12.4. The number of cyclic esters (lactones) is 1. The predicted molar refractivity (Wildman–Crippen MR) is 82.1 cm³/mol. The van der Waals surface area contributed by atoms with E-state index < -0.39 is 0 Å². The third kappa shape index (κ3) is 3.15.